The predicted molar refractivity (Wildman–Crippen MR) is 110 cm³/mol. The minimum absolute atomic E-state index is 0.303. The van der Waals surface area contributed by atoms with E-state index in [2.05, 4.69) is 15.0 Å². The molecule has 0 aliphatic heterocycles. The Morgan fingerprint density at radius 2 is 2.04 bits per heavy atom. The average molecular weight is 421 g/mol. The number of rotatable bonds is 6. The van der Waals surface area contributed by atoms with Gasteiger partial charge in [-0.3, -0.25) is 14.3 Å². The molecule has 0 bridgehead atoms. The third kappa shape index (κ3) is 4.39. The van der Waals surface area contributed by atoms with Gasteiger partial charge in [0.1, 0.15) is 5.69 Å². The molecule has 0 saturated carbocycles. The molecule has 0 aliphatic rings. The Labute approximate surface area is 166 Å². The zero-order valence-electron chi connectivity index (χ0n) is 15.6. The second kappa shape index (κ2) is 7.72. The molecular formula is C18H20N4O4S2. The summed E-state index contributed by atoms with van der Waals surface area (Å²) in [6.45, 7) is 4.06. The van der Waals surface area contributed by atoms with Crippen molar-refractivity contribution in [1.82, 2.24) is 14.7 Å². The van der Waals surface area contributed by atoms with E-state index in [1.807, 2.05) is 13.0 Å². The molecular weight excluding hydrogens is 400 g/mol. The Morgan fingerprint density at radius 1 is 1.29 bits per heavy atom. The lowest BCUT2D eigenvalue weighted by molar-refractivity contribution is 0.0949. The van der Waals surface area contributed by atoms with Crippen molar-refractivity contribution in [2.45, 2.75) is 20.3 Å². The van der Waals surface area contributed by atoms with Crippen molar-refractivity contribution in [1.29, 1.82) is 0 Å². The van der Waals surface area contributed by atoms with Crippen LogP contribution in [-0.4, -0.2) is 36.5 Å². The number of nitrogens with zero attached hydrogens (tertiary/aromatic N) is 2. The largest absolute Gasteiger partial charge is 0.351 e. The van der Waals surface area contributed by atoms with Gasteiger partial charge >= 0.3 is 0 Å². The Hall–Kier alpha value is -2.72. The molecule has 8 nitrogen and oxygen atoms in total. The normalized spacial score (nSPS) is 11.5. The molecule has 28 heavy (non-hydrogen) atoms. The van der Waals surface area contributed by atoms with E-state index < -0.39 is 10.0 Å². The number of thiazole rings is 1. The van der Waals surface area contributed by atoms with E-state index in [1.54, 1.807) is 25.1 Å². The van der Waals surface area contributed by atoms with E-state index in [4.69, 9.17) is 0 Å². The van der Waals surface area contributed by atoms with Crippen molar-refractivity contribution in [3.63, 3.8) is 0 Å². The smallest absolute Gasteiger partial charge is 0.269 e. The lowest BCUT2D eigenvalue weighted by Crippen LogP contribution is -2.28. The Morgan fingerprint density at radius 3 is 2.71 bits per heavy atom. The first-order valence-corrected chi connectivity index (χ1v) is 11.3. The summed E-state index contributed by atoms with van der Waals surface area (Å²) >= 11 is 1.28. The van der Waals surface area contributed by atoms with E-state index in [1.165, 1.54) is 21.8 Å². The van der Waals surface area contributed by atoms with E-state index in [-0.39, 0.29) is 11.5 Å². The molecule has 2 aromatic heterocycles. The van der Waals surface area contributed by atoms with Crippen LogP contribution >= 0.6 is 11.3 Å². The molecule has 2 heterocycles. The fourth-order valence-corrected chi connectivity index (χ4v) is 4.43. The average Bonchev–Trinajstić information content (AvgIpc) is 2.90. The topological polar surface area (TPSA) is 110 Å². The number of nitrogens with one attached hydrogen (secondary N) is 2. The van der Waals surface area contributed by atoms with Crippen LogP contribution in [0.3, 0.4) is 0 Å². The van der Waals surface area contributed by atoms with Gasteiger partial charge in [0.2, 0.25) is 10.0 Å². The first kappa shape index (κ1) is 20.0. The first-order chi connectivity index (χ1) is 13.2. The maximum Gasteiger partial charge on any atom is 0.269 e. The minimum Gasteiger partial charge on any atom is -0.351 e. The van der Waals surface area contributed by atoms with Gasteiger partial charge in [0.15, 0.2) is 4.96 Å². The highest BCUT2D eigenvalue weighted by Crippen LogP contribution is 2.21. The van der Waals surface area contributed by atoms with Crippen molar-refractivity contribution in [3.8, 4) is 0 Å². The van der Waals surface area contributed by atoms with Crippen LogP contribution in [-0.2, 0) is 16.4 Å². The summed E-state index contributed by atoms with van der Waals surface area (Å²) in [5.41, 5.74) is 1.79. The van der Waals surface area contributed by atoms with Crippen molar-refractivity contribution >= 4 is 37.9 Å². The summed E-state index contributed by atoms with van der Waals surface area (Å²) in [5, 5.41) is 2.71. The van der Waals surface area contributed by atoms with Crippen molar-refractivity contribution in [2.75, 3.05) is 17.5 Å². The molecule has 1 aromatic carbocycles. The molecule has 0 atom stereocenters. The summed E-state index contributed by atoms with van der Waals surface area (Å²) in [6.07, 6.45) is 1.44. The molecule has 0 aliphatic carbocycles. The zero-order chi connectivity index (χ0) is 20.5. The monoisotopic (exact) mass is 420 g/mol. The highest BCUT2D eigenvalue weighted by molar-refractivity contribution is 7.92. The molecule has 0 unspecified atom stereocenters. The van der Waals surface area contributed by atoms with Crippen LogP contribution < -0.4 is 15.6 Å². The number of carbonyl (C=O) groups excluding carboxylic acids is 1. The third-order valence-electron chi connectivity index (χ3n) is 3.91. The Bertz CT molecular complexity index is 1210. The molecule has 0 saturated heterocycles. The van der Waals surface area contributed by atoms with Crippen molar-refractivity contribution in [2.24, 2.45) is 0 Å². The fraction of sp³-hybridized carbons (Fsp3) is 0.278. The predicted octanol–water partition coefficient (Wildman–Crippen LogP) is 1.78. The number of benzene rings is 1. The highest BCUT2D eigenvalue weighted by Gasteiger charge is 2.19. The quantitative estimate of drug-likeness (QED) is 0.632. The first-order valence-electron chi connectivity index (χ1n) is 8.55. The van der Waals surface area contributed by atoms with Crippen LogP contribution in [0.2, 0.25) is 0 Å². The molecule has 0 fully saturated rings. The maximum absolute atomic E-state index is 12.6. The molecule has 3 rings (SSSR count). The van der Waals surface area contributed by atoms with Gasteiger partial charge in [-0.25, -0.2) is 17.8 Å². The van der Waals surface area contributed by atoms with Crippen molar-refractivity contribution in [3.05, 3.63) is 62.5 Å². The van der Waals surface area contributed by atoms with Crippen LogP contribution in [0.5, 0.6) is 0 Å². The second-order valence-electron chi connectivity index (χ2n) is 6.32. The van der Waals surface area contributed by atoms with Crippen LogP contribution in [0.1, 0.15) is 33.5 Å². The number of aryl methyl sites for hydroxylation is 1. The fourth-order valence-electron chi connectivity index (χ4n) is 2.89. The van der Waals surface area contributed by atoms with Gasteiger partial charge in [0, 0.05) is 29.6 Å². The van der Waals surface area contributed by atoms with Gasteiger partial charge in [0.05, 0.1) is 11.9 Å². The summed E-state index contributed by atoms with van der Waals surface area (Å²) in [4.78, 5) is 30.6. The number of sulfonamides is 1. The van der Waals surface area contributed by atoms with Gasteiger partial charge in [-0.15, -0.1) is 11.3 Å². The van der Waals surface area contributed by atoms with Gasteiger partial charge in [-0.2, -0.15) is 0 Å². The number of aromatic nitrogens is 2. The second-order valence-corrected chi connectivity index (χ2v) is 9.25. The number of hydrogen-bond donors (Lipinski definition) is 2. The van der Waals surface area contributed by atoms with E-state index in [9.17, 15) is 18.0 Å². The molecule has 1 amide bonds. The molecule has 10 heteroatoms. The number of fused-ring (bicyclic) bond motifs is 1. The lowest BCUT2D eigenvalue weighted by atomic mass is 10.1. The SMILES string of the molecule is CCNC(=O)c1c(C)sc2nc(Cc3cccc(NS(C)(=O)=O)c3)cc(=O)n12. The Balaban J connectivity index is 1.97. The third-order valence-corrected chi connectivity index (χ3v) is 5.47. The van der Waals surface area contributed by atoms with Crippen LogP contribution in [0.25, 0.3) is 4.96 Å². The molecule has 148 valence electrons. The minimum atomic E-state index is -3.37. The number of carbonyl (C=O) groups is 1. The van der Waals surface area contributed by atoms with Gasteiger partial charge in [0.25, 0.3) is 11.5 Å². The molecule has 0 spiro atoms. The summed E-state index contributed by atoms with van der Waals surface area (Å²) < 4.78 is 26.6. The summed E-state index contributed by atoms with van der Waals surface area (Å²) in [6, 6.07) is 8.31. The van der Waals surface area contributed by atoms with Crippen LogP contribution in [0.15, 0.2) is 35.1 Å². The molecule has 2 N–H and O–H groups in total. The maximum atomic E-state index is 12.6. The summed E-state index contributed by atoms with van der Waals surface area (Å²) in [5.74, 6) is -0.303. The van der Waals surface area contributed by atoms with Crippen LogP contribution in [0.4, 0.5) is 5.69 Å². The van der Waals surface area contributed by atoms with Gasteiger partial charge in [-0.05, 0) is 31.5 Å². The van der Waals surface area contributed by atoms with Gasteiger partial charge in [-0.1, -0.05) is 12.1 Å². The molecule has 3 aromatic rings. The van der Waals surface area contributed by atoms with Crippen molar-refractivity contribution < 1.29 is 13.2 Å². The van der Waals surface area contributed by atoms with E-state index in [0.717, 1.165) is 11.8 Å². The standard InChI is InChI=1S/C18H20N4O4S2/c1-4-19-17(24)16-11(2)27-18-20-14(10-15(23)22(16)18)9-12-6-5-7-13(8-12)21-28(3,25)26/h5-8,10,21H,4,9H2,1-3H3,(H,19,24). The zero-order valence-corrected chi connectivity index (χ0v) is 17.3. The van der Waals surface area contributed by atoms with Crippen LogP contribution in [0, 0.1) is 6.92 Å². The van der Waals surface area contributed by atoms with Gasteiger partial charge < -0.3 is 5.32 Å². The highest BCUT2D eigenvalue weighted by atomic mass is 32.2. The number of hydrogen-bond acceptors (Lipinski definition) is 6. The van der Waals surface area contributed by atoms with E-state index >= 15 is 0 Å². The lowest BCUT2D eigenvalue weighted by Gasteiger charge is -2.07. The Kier molecular flexibility index (Phi) is 5.52. The number of anilines is 1. The number of amides is 1. The van der Waals surface area contributed by atoms with E-state index in [0.29, 0.717) is 39.9 Å². The molecule has 0 radical (unpaired) electrons. The summed E-state index contributed by atoms with van der Waals surface area (Å²) in [7, 11) is -3.37.